The topological polar surface area (TPSA) is 107 Å². The zero-order valence-electron chi connectivity index (χ0n) is 20.5. The third kappa shape index (κ3) is 7.51. The molecule has 0 radical (unpaired) electrons. The van der Waals surface area contributed by atoms with E-state index in [1.54, 1.807) is 0 Å². The molecule has 0 spiro atoms. The predicted octanol–water partition coefficient (Wildman–Crippen LogP) is 3.51. The Kier molecular flexibility index (Phi) is 8.99. The van der Waals surface area contributed by atoms with Crippen molar-refractivity contribution < 1.29 is 23.4 Å². The molecule has 1 aliphatic rings. The van der Waals surface area contributed by atoms with Crippen LogP contribution in [0.1, 0.15) is 43.4 Å². The van der Waals surface area contributed by atoms with Gasteiger partial charge in [0.05, 0.1) is 11.0 Å². The molecule has 1 atom stereocenters. The molecule has 3 rings (SSSR count). The Hall–Kier alpha value is -1.97. The summed E-state index contributed by atoms with van der Waals surface area (Å²) in [6, 6.07) is 12.8. The lowest BCUT2D eigenvalue weighted by molar-refractivity contribution is -0.136. The highest BCUT2D eigenvalue weighted by molar-refractivity contribution is 7.89. The van der Waals surface area contributed by atoms with E-state index in [9.17, 15) is 18.3 Å². The summed E-state index contributed by atoms with van der Waals surface area (Å²) in [4.78, 5) is 10.8. The lowest BCUT2D eigenvalue weighted by atomic mass is 9.88. The molecule has 7 nitrogen and oxygen atoms in total. The van der Waals surface area contributed by atoms with Crippen molar-refractivity contribution >= 4 is 27.6 Å². The molecular formula is C26H35ClN2O5S. The SMILES string of the molecule is CN(C[C@H](O)CNC(C)(C)CC1Cc2ccccc2C1)S(=O)(=O)c1ccc(CCC(=O)O)c(Cl)c1. The molecule has 192 valence electrons. The van der Waals surface area contributed by atoms with Gasteiger partial charge in [0.25, 0.3) is 0 Å². The van der Waals surface area contributed by atoms with Crippen LogP contribution < -0.4 is 5.32 Å². The second-order valence-corrected chi connectivity index (χ2v) is 12.6. The summed E-state index contributed by atoms with van der Waals surface area (Å²) in [5.41, 5.74) is 3.20. The maximum absolute atomic E-state index is 13.0. The Labute approximate surface area is 213 Å². The van der Waals surface area contributed by atoms with E-state index in [0.29, 0.717) is 11.5 Å². The fraction of sp³-hybridized carbons (Fsp3) is 0.500. The van der Waals surface area contributed by atoms with E-state index in [2.05, 4.69) is 43.4 Å². The van der Waals surface area contributed by atoms with E-state index in [0.717, 1.165) is 23.6 Å². The van der Waals surface area contributed by atoms with Crippen LogP contribution in [0.4, 0.5) is 0 Å². The van der Waals surface area contributed by atoms with Gasteiger partial charge in [0, 0.05) is 37.1 Å². The van der Waals surface area contributed by atoms with Gasteiger partial charge in [-0.25, -0.2) is 8.42 Å². The van der Waals surface area contributed by atoms with Crippen molar-refractivity contribution in [3.05, 3.63) is 64.2 Å². The van der Waals surface area contributed by atoms with Crippen LogP contribution >= 0.6 is 11.6 Å². The number of hydrogen-bond acceptors (Lipinski definition) is 5. The predicted molar refractivity (Wildman–Crippen MR) is 137 cm³/mol. The molecule has 2 aromatic rings. The Bertz CT molecular complexity index is 1130. The van der Waals surface area contributed by atoms with Crippen molar-refractivity contribution in [3.63, 3.8) is 0 Å². The molecule has 0 aliphatic heterocycles. The van der Waals surface area contributed by atoms with Crippen LogP contribution in [0.3, 0.4) is 0 Å². The van der Waals surface area contributed by atoms with Gasteiger partial charge in [0.1, 0.15) is 0 Å². The Morgan fingerprint density at radius 3 is 2.40 bits per heavy atom. The first-order chi connectivity index (χ1) is 16.4. The van der Waals surface area contributed by atoms with Crippen molar-refractivity contribution in [2.45, 2.75) is 62.5 Å². The monoisotopic (exact) mass is 522 g/mol. The van der Waals surface area contributed by atoms with E-state index < -0.39 is 22.1 Å². The normalized spacial score (nSPS) is 15.4. The van der Waals surface area contributed by atoms with Crippen molar-refractivity contribution in [1.29, 1.82) is 0 Å². The van der Waals surface area contributed by atoms with E-state index in [-0.39, 0.29) is 41.4 Å². The van der Waals surface area contributed by atoms with Gasteiger partial charge in [-0.2, -0.15) is 4.31 Å². The summed E-state index contributed by atoms with van der Waals surface area (Å²) < 4.78 is 27.1. The molecule has 35 heavy (non-hydrogen) atoms. The third-order valence-electron chi connectivity index (χ3n) is 6.56. The molecule has 1 aliphatic carbocycles. The number of aryl methyl sites for hydroxylation is 1. The number of fused-ring (bicyclic) bond motifs is 1. The van der Waals surface area contributed by atoms with Crippen LogP contribution in [0, 0.1) is 5.92 Å². The van der Waals surface area contributed by atoms with Gasteiger partial charge < -0.3 is 15.5 Å². The fourth-order valence-electron chi connectivity index (χ4n) is 4.75. The first-order valence-electron chi connectivity index (χ1n) is 11.8. The number of carboxylic acids is 1. The minimum Gasteiger partial charge on any atom is -0.481 e. The number of hydrogen-bond donors (Lipinski definition) is 3. The summed E-state index contributed by atoms with van der Waals surface area (Å²) in [6.45, 7) is 4.41. The van der Waals surface area contributed by atoms with Gasteiger partial charge in [0.2, 0.25) is 10.0 Å². The van der Waals surface area contributed by atoms with Gasteiger partial charge in [-0.1, -0.05) is 41.9 Å². The average Bonchev–Trinajstić information content (AvgIpc) is 3.18. The van der Waals surface area contributed by atoms with Crippen molar-refractivity contribution in [2.24, 2.45) is 5.92 Å². The lowest BCUT2D eigenvalue weighted by Crippen LogP contribution is -2.47. The summed E-state index contributed by atoms with van der Waals surface area (Å²) >= 11 is 6.19. The first-order valence-corrected chi connectivity index (χ1v) is 13.7. The molecule has 0 amide bonds. The summed E-state index contributed by atoms with van der Waals surface area (Å²) in [6.07, 6.45) is 2.31. The number of nitrogens with zero attached hydrogens (tertiary/aromatic N) is 1. The number of carbonyl (C=O) groups is 1. The fourth-order valence-corrected chi connectivity index (χ4v) is 6.33. The zero-order chi connectivity index (χ0) is 25.8. The number of aliphatic hydroxyl groups excluding tert-OH is 1. The highest BCUT2D eigenvalue weighted by Crippen LogP contribution is 2.32. The first kappa shape index (κ1) is 27.6. The van der Waals surface area contributed by atoms with E-state index >= 15 is 0 Å². The maximum atomic E-state index is 13.0. The van der Waals surface area contributed by atoms with Crippen LogP contribution in [-0.2, 0) is 34.1 Å². The molecule has 3 N–H and O–H groups in total. The van der Waals surface area contributed by atoms with Gasteiger partial charge >= 0.3 is 5.97 Å². The van der Waals surface area contributed by atoms with E-state index in [1.807, 2.05) is 0 Å². The van der Waals surface area contributed by atoms with Gasteiger partial charge in [-0.15, -0.1) is 0 Å². The van der Waals surface area contributed by atoms with Crippen LogP contribution in [0.15, 0.2) is 47.4 Å². The minimum absolute atomic E-state index is 0.00497. The third-order valence-corrected chi connectivity index (χ3v) is 8.73. The molecule has 0 saturated carbocycles. The van der Waals surface area contributed by atoms with Crippen LogP contribution in [-0.4, -0.2) is 60.7 Å². The quantitative estimate of drug-likeness (QED) is 0.394. The van der Waals surface area contributed by atoms with Crippen LogP contribution in [0.5, 0.6) is 0 Å². The summed E-state index contributed by atoms with van der Waals surface area (Å²) in [5.74, 6) is -0.407. The van der Waals surface area contributed by atoms with E-state index in [1.165, 1.54) is 36.4 Å². The number of sulfonamides is 1. The molecule has 9 heteroatoms. The van der Waals surface area contributed by atoms with Gasteiger partial charge in [-0.3, -0.25) is 4.79 Å². The van der Waals surface area contributed by atoms with E-state index in [4.69, 9.17) is 16.7 Å². The van der Waals surface area contributed by atoms with Crippen LogP contribution in [0.25, 0.3) is 0 Å². The molecule has 0 heterocycles. The maximum Gasteiger partial charge on any atom is 0.303 e. The number of β-amino-alcohol motifs (C(OH)–C–C–N with tert-alkyl or cyclic N) is 1. The second kappa shape index (κ2) is 11.4. The summed E-state index contributed by atoms with van der Waals surface area (Å²) in [7, 11) is -2.44. The largest absolute Gasteiger partial charge is 0.481 e. The number of aliphatic hydroxyl groups is 1. The standard InChI is InChI=1S/C26H35ClN2O5S/c1-26(2,15-18-12-20-6-4-5-7-21(20)13-18)28-16-22(30)17-29(3)35(33,34)23-10-8-19(24(27)14-23)9-11-25(31)32/h4-8,10,14,18,22,28,30H,9,11-13,15-17H2,1-3H3,(H,31,32)/t22-/m1/s1. The van der Waals surface area contributed by atoms with Crippen molar-refractivity contribution in [1.82, 2.24) is 9.62 Å². The number of rotatable bonds is 12. The Balaban J connectivity index is 1.52. The number of nitrogens with one attached hydrogen (secondary N) is 1. The van der Waals surface area contributed by atoms with Crippen molar-refractivity contribution in [3.8, 4) is 0 Å². The number of likely N-dealkylation sites (N-methyl/N-ethyl adjacent to an activating group) is 1. The van der Waals surface area contributed by atoms with Gasteiger partial charge in [-0.05, 0) is 74.3 Å². The molecule has 0 bridgehead atoms. The molecule has 0 unspecified atom stereocenters. The minimum atomic E-state index is -3.86. The number of aliphatic carboxylic acids is 1. The second-order valence-electron chi connectivity index (χ2n) is 10.1. The number of halogens is 1. The zero-order valence-corrected chi connectivity index (χ0v) is 22.1. The smallest absolute Gasteiger partial charge is 0.303 e. The number of carboxylic acid groups (broad SMARTS) is 1. The Morgan fingerprint density at radius 1 is 1.20 bits per heavy atom. The average molecular weight is 523 g/mol. The summed E-state index contributed by atoms with van der Waals surface area (Å²) in [5, 5.41) is 23.0. The van der Waals surface area contributed by atoms with Crippen LogP contribution in [0.2, 0.25) is 5.02 Å². The molecule has 0 saturated heterocycles. The molecular weight excluding hydrogens is 488 g/mol. The van der Waals surface area contributed by atoms with Gasteiger partial charge in [0.15, 0.2) is 0 Å². The highest BCUT2D eigenvalue weighted by atomic mass is 35.5. The Morgan fingerprint density at radius 2 is 1.83 bits per heavy atom. The number of benzene rings is 2. The lowest BCUT2D eigenvalue weighted by Gasteiger charge is -2.31. The molecule has 0 fully saturated rings. The van der Waals surface area contributed by atoms with Crippen molar-refractivity contribution in [2.75, 3.05) is 20.1 Å². The highest BCUT2D eigenvalue weighted by Gasteiger charge is 2.29. The molecule has 2 aromatic carbocycles. The molecule has 0 aromatic heterocycles.